The molecule has 0 saturated carbocycles. The van der Waals surface area contributed by atoms with Gasteiger partial charge in [0.25, 0.3) is 0 Å². The van der Waals surface area contributed by atoms with Gasteiger partial charge in [0.15, 0.2) is 0 Å². The third-order valence-electron chi connectivity index (χ3n) is 4.11. The van der Waals surface area contributed by atoms with Gasteiger partial charge in [-0.1, -0.05) is 44.2 Å². The SMILES string of the molecule is CC1(C)N=NC(OO)(c2ccccc2)C1(C)C. The largest absolute Gasteiger partial charge is 0.249 e. The molecule has 1 aliphatic rings. The second-order valence-corrected chi connectivity index (χ2v) is 5.49. The second-order valence-electron chi connectivity index (χ2n) is 5.49. The molecule has 0 radical (unpaired) electrons. The van der Waals surface area contributed by atoms with Crippen molar-refractivity contribution in [1.82, 2.24) is 0 Å². The Balaban J connectivity index is 2.59. The third-order valence-corrected chi connectivity index (χ3v) is 4.11. The van der Waals surface area contributed by atoms with Crippen molar-refractivity contribution in [2.24, 2.45) is 15.6 Å². The molecule has 0 spiro atoms. The molecular weight excluding hydrogens is 216 g/mol. The number of nitrogens with zero attached hydrogens (tertiary/aromatic N) is 2. The average molecular weight is 234 g/mol. The molecule has 0 fully saturated rings. The van der Waals surface area contributed by atoms with Crippen LogP contribution in [0.1, 0.15) is 33.3 Å². The van der Waals surface area contributed by atoms with E-state index in [0.29, 0.717) is 0 Å². The average Bonchev–Trinajstić information content (AvgIpc) is 2.49. The predicted molar refractivity (Wildman–Crippen MR) is 64.5 cm³/mol. The minimum absolute atomic E-state index is 0.397. The quantitative estimate of drug-likeness (QED) is 0.628. The van der Waals surface area contributed by atoms with Gasteiger partial charge in [-0.05, 0) is 13.8 Å². The van der Waals surface area contributed by atoms with E-state index in [1.807, 2.05) is 58.0 Å². The van der Waals surface area contributed by atoms with Crippen molar-refractivity contribution in [1.29, 1.82) is 0 Å². The van der Waals surface area contributed by atoms with E-state index in [4.69, 9.17) is 4.89 Å². The van der Waals surface area contributed by atoms with E-state index in [2.05, 4.69) is 10.2 Å². The first-order chi connectivity index (χ1) is 7.87. The fourth-order valence-corrected chi connectivity index (χ4v) is 2.13. The summed E-state index contributed by atoms with van der Waals surface area (Å²) in [6.45, 7) is 7.97. The number of rotatable bonds is 2. The lowest BCUT2D eigenvalue weighted by Gasteiger charge is -2.41. The zero-order valence-corrected chi connectivity index (χ0v) is 10.6. The van der Waals surface area contributed by atoms with Crippen molar-refractivity contribution in [3.05, 3.63) is 35.9 Å². The summed E-state index contributed by atoms with van der Waals surface area (Å²) in [4.78, 5) is 4.78. The second kappa shape index (κ2) is 3.62. The van der Waals surface area contributed by atoms with Gasteiger partial charge >= 0.3 is 0 Å². The molecule has 0 saturated heterocycles. The summed E-state index contributed by atoms with van der Waals surface area (Å²) in [7, 11) is 0. The van der Waals surface area contributed by atoms with Gasteiger partial charge in [-0.3, -0.25) is 0 Å². The molecular formula is C13H18N2O2. The smallest absolute Gasteiger partial charge is 0.244 e. The molecule has 4 nitrogen and oxygen atoms in total. The lowest BCUT2D eigenvalue weighted by Crippen LogP contribution is -2.49. The van der Waals surface area contributed by atoms with Crippen LogP contribution in [0.5, 0.6) is 0 Å². The molecule has 1 N–H and O–H groups in total. The minimum Gasteiger partial charge on any atom is -0.249 e. The molecule has 0 aliphatic carbocycles. The van der Waals surface area contributed by atoms with Gasteiger partial charge in [0.1, 0.15) is 0 Å². The first kappa shape index (κ1) is 12.2. The molecule has 4 heteroatoms. The van der Waals surface area contributed by atoms with Crippen LogP contribution in [0.25, 0.3) is 0 Å². The summed E-state index contributed by atoms with van der Waals surface area (Å²) in [5.41, 5.74) is -1.17. The maximum atomic E-state index is 9.38. The van der Waals surface area contributed by atoms with E-state index in [0.717, 1.165) is 5.56 Å². The van der Waals surface area contributed by atoms with Crippen LogP contribution in [0.3, 0.4) is 0 Å². The fraction of sp³-hybridized carbons (Fsp3) is 0.538. The van der Waals surface area contributed by atoms with E-state index < -0.39 is 16.7 Å². The zero-order valence-electron chi connectivity index (χ0n) is 10.6. The number of hydrogen-bond donors (Lipinski definition) is 1. The maximum absolute atomic E-state index is 9.38. The van der Waals surface area contributed by atoms with Gasteiger partial charge in [0.05, 0.1) is 11.0 Å². The highest BCUT2D eigenvalue weighted by atomic mass is 17.1. The van der Waals surface area contributed by atoms with Crippen LogP contribution in [0, 0.1) is 5.41 Å². The van der Waals surface area contributed by atoms with Gasteiger partial charge in [0, 0.05) is 5.56 Å². The van der Waals surface area contributed by atoms with Gasteiger partial charge in [-0.2, -0.15) is 5.11 Å². The van der Waals surface area contributed by atoms with E-state index in [1.54, 1.807) is 0 Å². The van der Waals surface area contributed by atoms with E-state index in [9.17, 15) is 5.26 Å². The highest BCUT2D eigenvalue weighted by Crippen LogP contribution is 2.56. The molecule has 1 aromatic rings. The van der Waals surface area contributed by atoms with E-state index >= 15 is 0 Å². The molecule has 2 rings (SSSR count). The summed E-state index contributed by atoms with van der Waals surface area (Å²) in [6.07, 6.45) is 0. The Morgan fingerprint density at radius 2 is 1.59 bits per heavy atom. The number of benzene rings is 1. The van der Waals surface area contributed by atoms with Gasteiger partial charge in [-0.25, -0.2) is 10.1 Å². The Hall–Kier alpha value is -1.26. The molecule has 1 atom stereocenters. The molecule has 92 valence electrons. The lowest BCUT2D eigenvalue weighted by atomic mass is 9.67. The third kappa shape index (κ3) is 1.44. The molecule has 0 bridgehead atoms. The summed E-state index contributed by atoms with van der Waals surface area (Å²) >= 11 is 0. The first-order valence-corrected chi connectivity index (χ1v) is 5.69. The fourth-order valence-electron chi connectivity index (χ4n) is 2.13. The van der Waals surface area contributed by atoms with Gasteiger partial charge in [0.2, 0.25) is 5.72 Å². The lowest BCUT2D eigenvalue weighted by molar-refractivity contribution is -0.355. The molecule has 1 aromatic carbocycles. The Bertz CT molecular complexity index is 440. The molecule has 17 heavy (non-hydrogen) atoms. The molecule has 1 heterocycles. The highest BCUT2D eigenvalue weighted by Gasteiger charge is 2.61. The molecule has 1 unspecified atom stereocenters. The number of azo groups is 1. The van der Waals surface area contributed by atoms with Crippen LogP contribution >= 0.6 is 0 Å². The van der Waals surface area contributed by atoms with Crippen LogP contribution in [0.4, 0.5) is 0 Å². The van der Waals surface area contributed by atoms with Gasteiger partial charge < -0.3 is 0 Å². The standard InChI is InChI=1S/C13H18N2O2/c1-11(2)12(3,4)14-15-13(11,17-16)10-8-6-5-7-9-10/h5-9,16H,1-4H3. The normalized spacial score (nSPS) is 29.5. The van der Waals surface area contributed by atoms with Gasteiger partial charge in [-0.15, -0.1) is 5.11 Å². The van der Waals surface area contributed by atoms with Crippen LogP contribution in [-0.4, -0.2) is 10.8 Å². The Morgan fingerprint density at radius 1 is 1.00 bits per heavy atom. The minimum atomic E-state index is -1.13. The monoisotopic (exact) mass is 234 g/mol. The summed E-state index contributed by atoms with van der Waals surface area (Å²) in [5.74, 6) is 0. The summed E-state index contributed by atoms with van der Waals surface area (Å²) in [6, 6.07) is 9.48. The Morgan fingerprint density at radius 3 is 2.00 bits per heavy atom. The maximum Gasteiger partial charge on any atom is 0.244 e. The van der Waals surface area contributed by atoms with Crippen molar-refractivity contribution < 1.29 is 10.1 Å². The highest BCUT2D eigenvalue weighted by molar-refractivity contribution is 5.28. The van der Waals surface area contributed by atoms with E-state index in [-0.39, 0.29) is 0 Å². The van der Waals surface area contributed by atoms with Crippen molar-refractivity contribution in [3.8, 4) is 0 Å². The summed E-state index contributed by atoms with van der Waals surface area (Å²) in [5, 5.41) is 17.9. The predicted octanol–water partition coefficient (Wildman–Crippen LogP) is 3.60. The number of hydrogen-bond acceptors (Lipinski definition) is 4. The molecule has 1 aliphatic heterocycles. The van der Waals surface area contributed by atoms with Crippen molar-refractivity contribution >= 4 is 0 Å². The van der Waals surface area contributed by atoms with Crippen LogP contribution in [0.15, 0.2) is 40.6 Å². The molecule has 0 amide bonds. The zero-order chi connectivity index (χ0) is 12.7. The Kier molecular flexibility index (Phi) is 2.60. The van der Waals surface area contributed by atoms with Crippen molar-refractivity contribution in [3.63, 3.8) is 0 Å². The van der Waals surface area contributed by atoms with Crippen molar-refractivity contribution in [2.75, 3.05) is 0 Å². The van der Waals surface area contributed by atoms with Crippen LogP contribution in [0.2, 0.25) is 0 Å². The Labute approximate surface area is 101 Å². The van der Waals surface area contributed by atoms with Crippen molar-refractivity contribution in [2.45, 2.75) is 39.0 Å². The van der Waals surface area contributed by atoms with Crippen LogP contribution in [-0.2, 0) is 10.6 Å². The first-order valence-electron chi connectivity index (χ1n) is 5.69. The van der Waals surface area contributed by atoms with E-state index in [1.165, 1.54) is 0 Å². The van der Waals surface area contributed by atoms with Crippen LogP contribution < -0.4 is 0 Å². The topological polar surface area (TPSA) is 54.2 Å². The summed E-state index contributed by atoms with van der Waals surface area (Å²) < 4.78 is 0. The molecule has 0 aromatic heterocycles.